The fourth-order valence-electron chi connectivity index (χ4n) is 1.86. The number of rotatable bonds is 3. The van der Waals surface area contributed by atoms with Gasteiger partial charge in [-0.2, -0.15) is 0 Å². The van der Waals surface area contributed by atoms with Crippen LogP contribution in [0, 0.1) is 5.82 Å². The summed E-state index contributed by atoms with van der Waals surface area (Å²) in [6.07, 6.45) is 0. The van der Waals surface area contributed by atoms with Gasteiger partial charge in [0.05, 0.1) is 0 Å². The van der Waals surface area contributed by atoms with E-state index >= 15 is 0 Å². The Kier molecular flexibility index (Phi) is 4.27. The van der Waals surface area contributed by atoms with Crippen molar-refractivity contribution >= 4 is 34.8 Å². The lowest BCUT2D eigenvalue weighted by molar-refractivity contribution is 0.0991. The minimum Gasteiger partial charge on any atom is -0.412 e. The zero-order valence-electron chi connectivity index (χ0n) is 11.4. The highest BCUT2D eigenvalue weighted by Crippen LogP contribution is 2.23. The van der Waals surface area contributed by atoms with Crippen molar-refractivity contribution in [1.29, 1.82) is 0 Å². The van der Waals surface area contributed by atoms with Gasteiger partial charge in [-0.05, 0) is 36.4 Å². The van der Waals surface area contributed by atoms with Crippen LogP contribution in [0.15, 0.2) is 46.9 Å². The van der Waals surface area contributed by atoms with E-state index in [2.05, 4.69) is 15.5 Å². The molecule has 0 aliphatic carbocycles. The van der Waals surface area contributed by atoms with Crippen LogP contribution < -0.4 is 5.32 Å². The molecular weight excluding hydrogens is 344 g/mol. The lowest BCUT2D eigenvalue weighted by atomic mass is 10.2. The molecule has 0 aliphatic rings. The van der Waals surface area contributed by atoms with Crippen molar-refractivity contribution in [1.82, 2.24) is 10.2 Å². The highest BCUT2D eigenvalue weighted by atomic mass is 35.5. The van der Waals surface area contributed by atoms with E-state index in [1.54, 1.807) is 6.07 Å². The number of aromatic nitrogens is 2. The summed E-state index contributed by atoms with van der Waals surface area (Å²) in [5, 5.41) is 10.7. The van der Waals surface area contributed by atoms with E-state index in [-0.39, 0.29) is 11.8 Å². The van der Waals surface area contributed by atoms with Crippen LogP contribution >= 0.6 is 23.2 Å². The Morgan fingerprint density at radius 2 is 1.83 bits per heavy atom. The molecule has 1 aromatic heterocycles. The third-order valence-electron chi connectivity index (χ3n) is 2.81. The average Bonchev–Trinajstić information content (AvgIpc) is 2.96. The van der Waals surface area contributed by atoms with Crippen molar-refractivity contribution in [3.05, 3.63) is 64.2 Å². The van der Waals surface area contributed by atoms with Crippen molar-refractivity contribution in [2.45, 2.75) is 0 Å². The Labute approximate surface area is 140 Å². The van der Waals surface area contributed by atoms with Crippen LogP contribution in [0.4, 0.5) is 10.1 Å². The molecule has 1 N–H and O–H groups in total. The molecule has 23 heavy (non-hydrogen) atoms. The first-order chi connectivity index (χ1) is 11.0. The molecule has 0 bridgehead atoms. The molecule has 1 heterocycles. The van der Waals surface area contributed by atoms with E-state index < -0.39 is 11.7 Å². The SMILES string of the molecule is O=C(Nc1cc(Cl)cc(Cl)c1)c1nnc(-c2cccc(F)c2)o1. The minimum atomic E-state index is -0.626. The number of carbonyl (C=O) groups excluding carboxylic acids is 1. The number of hydrogen-bond donors (Lipinski definition) is 1. The molecule has 3 aromatic rings. The first-order valence-electron chi connectivity index (χ1n) is 6.38. The van der Waals surface area contributed by atoms with Gasteiger partial charge in [-0.1, -0.05) is 29.3 Å². The fraction of sp³-hybridized carbons (Fsp3) is 0. The van der Waals surface area contributed by atoms with Crippen molar-refractivity contribution in [2.75, 3.05) is 5.32 Å². The fourth-order valence-corrected chi connectivity index (χ4v) is 2.39. The lowest BCUT2D eigenvalue weighted by Gasteiger charge is -2.03. The molecule has 0 spiro atoms. The summed E-state index contributed by atoms with van der Waals surface area (Å²) < 4.78 is 18.4. The Morgan fingerprint density at radius 1 is 1.09 bits per heavy atom. The monoisotopic (exact) mass is 351 g/mol. The first kappa shape index (κ1) is 15.5. The Balaban J connectivity index is 1.81. The largest absolute Gasteiger partial charge is 0.412 e. The summed E-state index contributed by atoms with van der Waals surface area (Å²) in [6, 6.07) is 10.2. The molecule has 8 heteroatoms. The van der Waals surface area contributed by atoms with E-state index in [9.17, 15) is 9.18 Å². The normalized spacial score (nSPS) is 10.6. The number of nitrogens with zero attached hydrogens (tertiary/aromatic N) is 2. The van der Waals surface area contributed by atoms with E-state index in [0.717, 1.165) is 0 Å². The van der Waals surface area contributed by atoms with Crippen LogP contribution in [0.3, 0.4) is 0 Å². The maximum absolute atomic E-state index is 13.2. The average molecular weight is 352 g/mol. The molecule has 1 amide bonds. The van der Waals surface area contributed by atoms with Gasteiger partial charge in [-0.25, -0.2) is 4.39 Å². The van der Waals surface area contributed by atoms with Crippen LogP contribution in [0.25, 0.3) is 11.5 Å². The molecule has 0 aliphatic heterocycles. The second kappa shape index (κ2) is 6.36. The minimum absolute atomic E-state index is 0.0405. The summed E-state index contributed by atoms with van der Waals surface area (Å²) in [5.74, 6) is -1.29. The lowest BCUT2D eigenvalue weighted by Crippen LogP contribution is -2.12. The summed E-state index contributed by atoms with van der Waals surface area (Å²) in [4.78, 5) is 12.1. The number of benzene rings is 2. The zero-order chi connectivity index (χ0) is 16.4. The number of carbonyl (C=O) groups is 1. The van der Waals surface area contributed by atoms with Crippen LogP contribution in [0.5, 0.6) is 0 Å². The molecule has 0 saturated heterocycles. The van der Waals surface area contributed by atoms with E-state index in [0.29, 0.717) is 21.3 Å². The van der Waals surface area contributed by atoms with Gasteiger partial charge in [0.25, 0.3) is 0 Å². The highest BCUT2D eigenvalue weighted by molar-refractivity contribution is 6.35. The summed E-state index contributed by atoms with van der Waals surface area (Å²) in [7, 11) is 0. The van der Waals surface area contributed by atoms with Gasteiger partial charge in [0.2, 0.25) is 5.89 Å². The van der Waals surface area contributed by atoms with Gasteiger partial charge in [0, 0.05) is 21.3 Å². The molecule has 3 rings (SSSR count). The molecule has 2 aromatic carbocycles. The number of nitrogens with one attached hydrogen (secondary N) is 1. The Hall–Kier alpha value is -2.44. The first-order valence-corrected chi connectivity index (χ1v) is 7.14. The highest BCUT2D eigenvalue weighted by Gasteiger charge is 2.16. The van der Waals surface area contributed by atoms with Gasteiger partial charge < -0.3 is 9.73 Å². The number of hydrogen-bond acceptors (Lipinski definition) is 4. The maximum Gasteiger partial charge on any atom is 0.313 e. The number of anilines is 1. The van der Waals surface area contributed by atoms with E-state index in [1.165, 1.54) is 36.4 Å². The Bertz CT molecular complexity index is 862. The summed E-state index contributed by atoms with van der Waals surface area (Å²) in [6.45, 7) is 0. The van der Waals surface area contributed by atoms with E-state index in [1.807, 2.05) is 0 Å². The van der Waals surface area contributed by atoms with Gasteiger partial charge in [-0.15, -0.1) is 10.2 Å². The maximum atomic E-state index is 13.2. The predicted molar refractivity (Wildman–Crippen MR) is 84.1 cm³/mol. The van der Waals surface area contributed by atoms with Gasteiger partial charge in [-0.3, -0.25) is 4.79 Å². The van der Waals surface area contributed by atoms with Crippen molar-refractivity contribution < 1.29 is 13.6 Å². The third kappa shape index (κ3) is 3.67. The van der Waals surface area contributed by atoms with Crippen LogP contribution in [-0.4, -0.2) is 16.1 Å². The molecule has 0 saturated carbocycles. The molecule has 0 radical (unpaired) electrons. The van der Waals surface area contributed by atoms with Crippen LogP contribution in [0.2, 0.25) is 10.0 Å². The molecule has 5 nitrogen and oxygen atoms in total. The summed E-state index contributed by atoms with van der Waals surface area (Å²) in [5.41, 5.74) is 0.764. The smallest absolute Gasteiger partial charge is 0.313 e. The summed E-state index contributed by atoms with van der Waals surface area (Å²) >= 11 is 11.7. The molecule has 0 atom stereocenters. The molecule has 0 unspecified atom stereocenters. The topological polar surface area (TPSA) is 68.0 Å². The quantitative estimate of drug-likeness (QED) is 0.757. The standard InChI is InChI=1S/C15H8Cl2FN3O2/c16-9-5-10(17)7-12(6-9)19-13(22)15-21-20-14(23-15)8-2-1-3-11(18)4-8/h1-7H,(H,19,22). The van der Waals surface area contributed by atoms with Crippen LogP contribution in [0.1, 0.15) is 10.7 Å². The number of halogens is 3. The van der Waals surface area contributed by atoms with Crippen molar-refractivity contribution in [3.8, 4) is 11.5 Å². The predicted octanol–water partition coefficient (Wildman–Crippen LogP) is 4.43. The van der Waals surface area contributed by atoms with Gasteiger partial charge in [0.1, 0.15) is 5.82 Å². The van der Waals surface area contributed by atoms with Crippen molar-refractivity contribution in [2.24, 2.45) is 0 Å². The zero-order valence-corrected chi connectivity index (χ0v) is 12.9. The Morgan fingerprint density at radius 3 is 2.52 bits per heavy atom. The number of amides is 1. The van der Waals surface area contributed by atoms with E-state index in [4.69, 9.17) is 27.6 Å². The van der Waals surface area contributed by atoms with Crippen molar-refractivity contribution in [3.63, 3.8) is 0 Å². The van der Waals surface area contributed by atoms with Gasteiger partial charge in [0.15, 0.2) is 0 Å². The second-order valence-electron chi connectivity index (χ2n) is 4.53. The molecule has 0 fully saturated rings. The van der Waals surface area contributed by atoms with Gasteiger partial charge >= 0.3 is 11.8 Å². The molecule has 116 valence electrons. The van der Waals surface area contributed by atoms with Crippen LogP contribution in [-0.2, 0) is 0 Å². The molecular formula is C15H8Cl2FN3O2. The third-order valence-corrected chi connectivity index (χ3v) is 3.25. The second-order valence-corrected chi connectivity index (χ2v) is 5.41.